The Bertz CT molecular complexity index is 643. The Morgan fingerprint density at radius 2 is 1.95 bits per heavy atom. The molecule has 21 heavy (non-hydrogen) atoms. The summed E-state index contributed by atoms with van der Waals surface area (Å²) in [6.45, 7) is 1.85. The van der Waals surface area contributed by atoms with Crippen molar-refractivity contribution in [3.8, 4) is 5.75 Å². The average molecular weight is 377 g/mol. The lowest BCUT2D eigenvalue weighted by atomic mass is 10.1. The molecule has 0 spiro atoms. The highest BCUT2D eigenvalue weighted by molar-refractivity contribution is 9.10. The van der Waals surface area contributed by atoms with Gasteiger partial charge in [0.05, 0.1) is 22.3 Å². The van der Waals surface area contributed by atoms with E-state index in [1.165, 1.54) is 0 Å². The second-order valence-corrected chi connectivity index (χ2v) is 5.77. The number of methoxy groups -OCH3 is 1. The van der Waals surface area contributed by atoms with Gasteiger partial charge in [-0.05, 0) is 46.6 Å². The maximum absolute atomic E-state index is 13.8. The van der Waals surface area contributed by atoms with Crippen molar-refractivity contribution in [1.29, 1.82) is 0 Å². The van der Waals surface area contributed by atoms with Crippen LogP contribution in [0.25, 0.3) is 0 Å². The Hall–Kier alpha value is -1.33. The van der Waals surface area contributed by atoms with E-state index < -0.39 is 11.6 Å². The van der Waals surface area contributed by atoms with E-state index in [-0.39, 0.29) is 16.8 Å². The van der Waals surface area contributed by atoms with Crippen LogP contribution in [0.2, 0.25) is 5.02 Å². The molecule has 0 heterocycles. The first-order valence-electron chi connectivity index (χ1n) is 6.17. The van der Waals surface area contributed by atoms with Gasteiger partial charge in [0.2, 0.25) is 0 Å². The normalized spacial score (nSPS) is 12.1. The predicted octanol–water partition coefficient (Wildman–Crippen LogP) is 5.56. The molecular formula is C15H13BrClF2NO. The fraction of sp³-hybridized carbons (Fsp3) is 0.200. The summed E-state index contributed by atoms with van der Waals surface area (Å²) in [4.78, 5) is 0. The Morgan fingerprint density at radius 3 is 2.52 bits per heavy atom. The van der Waals surface area contributed by atoms with E-state index in [1.807, 2.05) is 19.1 Å². The van der Waals surface area contributed by atoms with Crippen LogP contribution in [0, 0.1) is 11.6 Å². The van der Waals surface area contributed by atoms with Crippen LogP contribution in [0.1, 0.15) is 18.5 Å². The van der Waals surface area contributed by atoms with Crippen molar-refractivity contribution >= 4 is 33.2 Å². The Labute approximate surface area is 135 Å². The molecule has 2 rings (SSSR count). The van der Waals surface area contributed by atoms with Crippen LogP contribution in [0.4, 0.5) is 14.5 Å². The van der Waals surface area contributed by atoms with Crippen LogP contribution in [-0.2, 0) is 0 Å². The van der Waals surface area contributed by atoms with E-state index in [4.69, 9.17) is 16.3 Å². The third kappa shape index (κ3) is 3.66. The first-order valence-corrected chi connectivity index (χ1v) is 7.34. The molecule has 0 bridgehead atoms. The first kappa shape index (κ1) is 16.0. The number of rotatable bonds is 4. The summed E-state index contributed by atoms with van der Waals surface area (Å²) in [6.07, 6.45) is 0. The minimum Gasteiger partial charge on any atom is -0.496 e. The Balaban J connectivity index is 2.26. The number of halogens is 4. The second-order valence-electron chi connectivity index (χ2n) is 4.50. The summed E-state index contributed by atoms with van der Waals surface area (Å²) in [5.74, 6) is -0.723. The zero-order valence-electron chi connectivity index (χ0n) is 11.4. The third-order valence-corrected chi connectivity index (χ3v) is 3.96. The van der Waals surface area contributed by atoms with Crippen molar-refractivity contribution in [2.75, 3.05) is 12.4 Å². The molecule has 0 aromatic heterocycles. The molecular weight excluding hydrogens is 364 g/mol. The van der Waals surface area contributed by atoms with Crippen molar-refractivity contribution in [3.05, 3.63) is 57.0 Å². The largest absolute Gasteiger partial charge is 0.496 e. The molecule has 6 heteroatoms. The van der Waals surface area contributed by atoms with Crippen molar-refractivity contribution < 1.29 is 13.5 Å². The highest BCUT2D eigenvalue weighted by atomic mass is 79.9. The van der Waals surface area contributed by atoms with E-state index in [0.717, 1.165) is 22.2 Å². The monoisotopic (exact) mass is 375 g/mol. The van der Waals surface area contributed by atoms with E-state index in [9.17, 15) is 8.78 Å². The third-order valence-electron chi connectivity index (χ3n) is 3.04. The fourth-order valence-corrected chi connectivity index (χ4v) is 2.74. The molecule has 2 aromatic rings. The molecule has 0 aliphatic heterocycles. The maximum Gasteiger partial charge on any atom is 0.150 e. The smallest absolute Gasteiger partial charge is 0.150 e. The molecule has 2 nitrogen and oxygen atoms in total. The van der Waals surface area contributed by atoms with Gasteiger partial charge >= 0.3 is 0 Å². The summed E-state index contributed by atoms with van der Waals surface area (Å²) in [6, 6.07) is 7.18. The van der Waals surface area contributed by atoms with Gasteiger partial charge in [0.15, 0.2) is 5.82 Å². The predicted molar refractivity (Wildman–Crippen MR) is 84.1 cm³/mol. The molecule has 0 amide bonds. The van der Waals surface area contributed by atoms with Gasteiger partial charge in [0.1, 0.15) is 11.6 Å². The van der Waals surface area contributed by atoms with Crippen molar-refractivity contribution in [2.24, 2.45) is 0 Å². The molecule has 1 atom stereocenters. The maximum atomic E-state index is 13.8. The number of nitrogens with one attached hydrogen (secondary N) is 1. The molecule has 0 aliphatic carbocycles. The van der Waals surface area contributed by atoms with Crippen molar-refractivity contribution in [1.82, 2.24) is 0 Å². The second kappa shape index (κ2) is 6.62. The minimum atomic E-state index is -0.723. The fourth-order valence-electron chi connectivity index (χ4n) is 1.93. The summed E-state index contributed by atoms with van der Waals surface area (Å²) >= 11 is 9.27. The molecule has 0 saturated heterocycles. The van der Waals surface area contributed by atoms with Gasteiger partial charge in [-0.3, -0.25) is 0 Å². The van der Waals surface area contributed by atoms with Crippen LogP contribution in [0.3, 0.4) is 0 Å². The molecule has 0 radical (unpaired) electrons. The minimum absolute atomic E-state index is 0.00641. The number of hydrogen-bond donors (Lipinski definition) is 1. The van der Waals surface area contributed by atoms with Gasteiger partial charge in [0, 0.05) is 12.1 Å². The molecule has 0 aliphatic rings. The molecule has 1 N–H and O–H groups in total. The Kier molecular flexibility index (Phi) is 5.06. The lowest BCUT2D eigenvalue weighted by Gasteiger charge is -2.18. The quantitative estimate of drug-likeness (QED) is 0.754. The van der Waals surface area contributed by atoms with Crippen LogP contribution >= 0.6 is 27.5 Å². The zero-order valence-corrected chi connectivity index (χ0v) is 13.7. The lowest BCUT2D eigenvalue weighted by molar-refractivity contribution is 0.412. The number of hydrogen-bond acceptors (Lipinski definition) is 2. The van der Waals surface area contributed by atoms with E-state index in [2.05, 4.69) is 21.2 Å². The van der Waals surface area contributed by atoms with Crippen LogP contribution in [0.15, 0.2) is 34.8 Å². The zero-order chi connectivity index (χ0) is 15.6. The summed E-state index contributed by atoms with van der Waals surface area (Å²) in [5.41, 5.74) is 0.986. The molecule has 0 fully saturated rings. The van der Waals surface area contributed by atoms with E-state index in [0.29, 0.717) is 5.75 Å². The van der Waals surface area contributed by atoms with Gasteiger partial charge in [-0.15, -0.1) is 0 Å². The summed E-state index contributed by atoms with van der Waals surface area (Å²) < 4.78 is 32.8. The number of anilines is 1. The van der Waals surface area contributed by atoms with Gasteiger partial charge < -0.3 is 10.1 Å². The van der Waals surface area contributed by atoms with Gasteiger partial charge in [-0.1, -0.05) is 17.7 Å². The lowest BCUT2D eigenvalue weighted by Crippen LogP contribution is -2.09. The summed E-state index contributed by atoms with van der Waals surface area (Å²) in [5, 5.41) is 2.96. The molecule has 0 saturated carbocycles. The number of ether oxygens (including phenoxy) is 1. The topological polar surface area (TPSA) is 21.3 Å². The highest BCUT2D eigenvalue weighted by Gasteiger charge is 2.14. The van der Waals surface area contributed by atoms with Crippen molar-refractivity contribution in [2.45, 2.75) is 13.0 Å². The summed E-state index contributed by atoms with van der Waals surface area (Å²) in [7, 11) is 1.58. The van der Waals surface area contributed by atoms with Crippen molar-refractivity contribution in [3.63, 3.8) is 0 Å². The standard InChI is InChI=1S/C15H13BrClF2NO/c1-8(9-3-4-14(21-2)11(16)5-9)20-15-12(17)6-10(18)7-13(15)19/h3-8,20H,1-2H3. The van der Waals surface area contributed by atoms with Gasteiger partial charge in [-0.25, -0.2) is 8.78 Å². The average Bonchev–Trinajstić information content (AvgIpc) is 2.42. The van der Waals surface area contributed by atoms with Crippen LogP contribution < -0.4 is 10.1 Å². The molecule has 1 unspecified atom stereocenters. The molecule has 2 aromatic carbocycles. The van der Waals surface area contributed by atoms with Crippen LogP contribution in [-0.4, -0.2) is 7.11 Å². The van der Waals surface area contributed by atoms with E-state index >= 15 is 0 Å². The first-order chi connectivity index (χ1) is 9.92. The van der Waals surface area contributed by atoms with Gasteiger partial charge in [-0.2, -0.15) is 0 Å². The van der Waals surface area contributed by atoms with E-state index in [1.54, 1.807) is 13.2 Å². The van der Waals surface area contributed by atoms with Crippen LogP contribution in [0.5, 0.6) is 5.75 Å². The highest BCUT2D eigenvalue weighted by Crippen LogP contribution is 2.32. The SMILES string of the molecule is COc1ccc(C(C)Nc2c(F)cc(F)cc2Cl)cc1Br. The number of benzene rings is 2. The van der Waals surface area contributed by atoms with Gasteiger partial charge in [0.25, 0.3) is 0 Å². The molecule has 112 valence electrons. The Morgan fingerprint density at radius 1 is 1.24 bits per heavy atom.